The van der Waals surface area contributed by atoms with Gasteiger partial charge in [0.15, 0.2) is 0 Å². The highest BCUT2D eigenvalue weighted by Crippen LogP contribution is 2.65. The Bertz CT molecular complexity index is 1460. The van der Waals surface area contributed by atoms with E-state index in [1.54, 1.807) is 7.05 Å². The van der Waals surface area contributed by atoms with Crippen molar-refractivity contribution in [2.45, 2.75) is 71.5 Å². The first-order valence-corrected chi connectivity index (χ1v) is 14.1. The van der Waals surface area contributed by atoms with E-state index in [1.807, 2.05) is 0 Å². The van der Waals surface area contributed by atoms with Crippen LogP contribution in [0.3, 0.4) is 0 Å². The summed E-state index contributed by atoms with van der Waals surface area (Å²) in [5.41, 5.74) is -0.410. The van der Waals surface area contributed by atoms with Gasteiger partial charge in [-0.05, 0) is 60.6 Å². The van der Waals surface area contributed by atoms with Crippen molar-refractivity contribution in [2.75, 3.05) is 12.4 Å². The van der Waals surface area contributed by atoms with Crippen LogP contribution in [0.1, 0.15) is 63.4 Å². The van der Waals surface area contributed by atoms with Gasteiger partial charge in [-0.1, -0.05) is 20.8 Å². The summed E-state index contributed by atoms with van der Waals surface area (Å²) < 4.78 is 2.53. The monoisotopic (exact) mass is 581 g/mol. The second-order valence-electron chi connectivity index (χ2n) is 12.0. The normalized spacial score (nSPS) is 22.7. The smallest absolute Gasteiger partial charge is 0.287 e. The van der Waals surface area contributed by atoms with E-state index in [4.69, 9.17) is 0 Å². The van der Waals surface area contributed by atoms with Crippen molar-refractivity contribution in [3.8, 4) is 0 Å². The quantitative estimate of drug-likeness (QED) is 0.283. The zero-order valence-electron chi connectivity index (χ0n) is 24.7. The molecule has 13 heteroatoms. The maximum Gasteiger partial charge on any atom is 0.287 e. The van der Waals surface area contributed by atoms with Crippen LogP contribution in [0.25, 0.3) is 0 Å². The van der Waals surface area contributed by atoms with Gasteiger partial charge in [-0.3, -0.25) is 33.4 Å². The van der Waals surface area contributed by atoms with Gasteiger partial charge in [-0.2, -0.15) is 5.10 Å². The van der Waals surface area contributed by atoms with Crippen molar-refractivity contribution >= 4 is 35.1 Å². The number of rotatable bonds is 11. The van der Waals surface area contributed by atoms with E-state index in [9.17, 15) is 28.8 Å². The predicted octanol–water partition coefficient (Wildman–Crippen LogP) is 0.745. The molecule has 42 heavy (non-hydrogen) atoms. The fourth-order valence-corrected chi connectivity index (χ4v) is 6.42. The molecule has 4 rings (SSSR count). The number of fused-ring (bicyclic) bond motifs is 2. The number of likely N-dealkylation sites (N-methyl/N-ethyl adjacent to an activating group) is 1. The van der Waals surface area contributed by atoms with Gasteiger partial charge >= 0.3 is 0 Å². The second kappa shape index (κ2) is 11.9. The standard InChI is InChI=1S/C29H39N7O6/c1-28(2)17-10-12-29(28,3)22(15-17)34-23(38)16-36-14-6-7-19(27(36)42)33-24(39)18(8-9-21(37)26(41)30-4)32-25(40)20-11-13-31-35(20)5/h6-7,11,13-14,17-18,22H,8-10,12,15-16H2,1-5H3,(H,30,41)(H,32,40)(H,33,39)(H,34,38)/t17?,18-,22?,29-/m0/s1. The van der Waals surface area contributed by atoms with Gasteiger partial charge in [0.05, 0.1) is 0 Å². The number of amides is 4. The van der Waals surface area contributed by atoms with E-state index in [2.05, 4.69) is 47.1 Å². The summed E-state index contributed by atoms with van der Waals surface area (Å²) in [7, 11) is 2.87. The Labute approximate surface area is 243 Å². The van der Waals surface area contributed by atoms with E-state index in [0.29, 0.717) is 5.92 Å². The number of Topliss-reactive ketones (excluding diaryl/α,β-unsaturated/α-hetero) is 1. The average Bonchev–Trinajstić information content (AvgIpc) is 3.53. The minimum Gasteiger partial charge on any atom is -0.353 e. The third-order valence-electron chi connectivity index (χ3n) is 9.54. The lowest BCUT2D eigenvalue weighted by atomic mass is 9.69. The number of hydrogen-bond acceptors (Lipinski definition) is 7. The van der Waals surface area contributed by atoms with E-state index in [-0.39, 0.29) is 53.5 Å². The van der Waals surface area contributed by atoms with Gasteiger partial charge < -0.3 is 25.8 Å². The van der Waals surface area contributed by atoms with Crippen molar-refractivity contribution in [1.29, 1.82) is 0 Å². The molecule has 2 aromatic rings. The van der Waals surface area contributed by atoms with Crippen molar-refractivity contribution in [2.24, 2.45) is 23.8 Å². The van der Waals surface area contributed by atoms with Gasteiger partial charge in [-0.15, -0.1) is 0 Å². The van der Waals surface area contributed by atoms with Crippen molar-refractivity contribution < 1.29 is 24.0 Å². The summed E-state index contributed by atoms with van der Waals surface area (Å²) in [4.78, 5) is 76.0. The minimum atomic E-state index is -1.25. The Kier molecular flexibility index (Phi) is 8.69. The lowest BCUT2D eigenvalue weighted by Crippen LogP contribution is -2.48. The van der Waals surface area contributed by atoms with Crippen LogP contribution in [0.15, 0.2) is 35.4 Å². The maximum absolute atomic E-state index is 13.3. The van der Waals surface area contributed by atoms with Crippen LogP contribution >= 0.6 is 0 Å². The molecular weight excluding hydrogens is 542 g/mol. The molecule has 2 bridgehead atoms. The summed E-state index contributed by atoms with van der Waals surface area (Å²) in [6, 6.07) is 3.16. The van der Waals surface area contributed by atoms with Crippen LogP contribution in [0.5, 0.6) is 0 Å². The largest absolute Gasteiger partial charge is 0.353 e. The molecule has 0 aromatic carbocycles. The van der Waals surface area contributed by atoms with Crippen molar-refractivity contribution in [1.82, 2.24) is 30.3 Å². The first kappa shape index (κ1) is 30.7. The van der Waals surface area contributed by atoms with Crippen LogP contribution in [-0.2, 0) is 32.8 Å². The summed E-state index contributed by atoms with van der Waals surface area (Å²) in [6.45, 7) is 6.52. The summed E-state index contributed by atoms with van der Waals surface area (Å²) >= 11 is 0. The molecular formula is C29H39N7O6. The Morgan fingerprint density at radius 2 is 1.88 bits per heavy atom. The topological polar surface area (TPSA) is 173 Å². The molecule has 0 saturated heterocycles. The molecule has 226 valence electrons. The number of nitrogens with one attached hydrogen (secondary N) is 4. The summed E-state index contributed by atoms with van der Waals surface area (Å²) in [5.74, 6) is -2.70. The number of carbonyl (C=O) groups excluding carboxylic acids is 5. The summed E-state index contributed by atoms with van der Waals surface area (Å²) in [5, 5.41) is 14.4. The molecule has 4 amide bonds. The molecule has 2 aliphatic rings. The molecule has 2 unspecified atom stereocenters. The first-order valence-electron chi connectivity index (χ1n) is 14.1. The third-order valence-corrected chi connectivity index (χ3v) is 9.54. The van der Waals surface area contributed by atoms with Crippen molar-refractivity contribution in [3.63, 3.8) is 0 Å². The van der Waals surface area contributed by atoms with E-state index in [0.717, 1.165) is 19.3 Å². The molecule has 13 nitrogen and oxygen atoms in total. The number of ketones is 1. The molecule has 2 aliphatic carbocycles. The maximum atomic E-state index is 13.3. The highest BCUT2D eigenvalue weighted by Gasteiger charge is 2.61. The van der Waals surface area contributed by atoms with Crippen molar-refractivity contribution in [3.05, 3.63) is 46.6 Å². The number of aromatic nitrogens is 3. The zero-order valence-corrected chi connectivity index (χ0v) is 24.7. The fourth-order valence-electron chi connectivity index (χ4n) is 6.42. The lowest BCUT2D eigenvalue weighted by Gasteiger charge is -2.39. The Morgan fingerprint density at radius 3 is 2.48 bits per heavy atom. The van der Waals surface area contributed by atoms with Gasteiger partial charge in [0.25, 0.3) is 17.4 Å². The fraction of sp³-hybridized carbons (Fsp3) is 0.552. The zero-order chi connectivity index (χ0) is 30.8. The lowest BCUT2D eigenvalue weighted by molar-refractivity contribution is -0.137. The highest BCUT2D eigenvalue weighted by atomic mass is 16.2. The number of anilines is 1. The van der Waals surface area contributed by atoms with Gasteiger partial charge in [0.2, 0.25) is 17.6 Å². The van der Waals surface area contributed by atoms with Crippen LogP contribution in [0.2, 0.25) is 0 Å². The molecule has 0 aliphatic heterocycles. The Balaban J connectivity index is 1.45. The van der Waals surface area contributed by atoms with E-state index < -0.39 is 35.1 Å². The number of hydrogen-bond donors (Lipinski definition) is 4. The van der Waals surface area contributed by atoms with Crippen LogP contribution in [0.4, 0.5) is 5.69 Å². The second-order valence-corrected chi connectivity index (χ2v) is 12.0. The minimum absolute atomic E-state index is 0.0117. The SMILES string of the molecule is CNC(=O)C(=O)CC[C@H](NC(=O)c1ccnn1C)C(=O)Nc1cccn(CC(=O)NC2CC3CC[C@]2(C)C3(C)C)c1=O. The Hall–Kier alpha value is -4.29. The molecule has 4 N–H and O–H groups in total. The molecule has 4 atom stereocenters. The number of carbonyl (C=O) groups is 5. The summed E-state index contributed by atoms with van der Waals surface area (Å²) in [6.07, 6.45) is 5.48. The van der Waals surface area contributed by atoms with Gasteiger partial charge in [0.1, 0.15) is 24.0 Å². The first-order chi connectivity index (χ1) is 19.8. The van der Waals surface area contributed by atoms with Gasteiger partial charge in [0, 0.05) is 39.0 Å². The molecule has 2 heterocycles. The third kappa shape index (κ3) is 5.86. The molecule has 2 fully saturated rings. The van der Waals surface area contributed by atoms with E-state index >= 15 is 0 Å². The van der Waals surface area contributed by atoms with E-state index in [1.165, 1.54) is 46.9 Å². The number of aryl methyl sites for hydroxylation is 1. The van der Waals surface area contributed by atoms with Crippen LogP contribution in [0, 0.1) is 16.7 Å². The molecule has 0 radical (unpaired) electrons. The van der Waals surface area contributed by atoms with Crippen LogP contribution < -0.4 is 26.8 Å². The number of nitrogens with zero attached hydrogens (tertiary/aromatic N) is 3. The highest BCUT2D eigenvalue weighted by molar-refractivity contribution is 6.36. The molecule has 2 aromatic heterocycles. The average molecular weight is 582 g/mol. The predicted molar refractivity (Wildman–Crippen MR) is 153 cm³/mol. The van der Waals surface area contributed by atoms with Crippen LogP contribution in [-0.4, -0.2) is 62.9 Å². The number of pyridine rings is 1. The molecule has 0 spiro atoms. The Morgan fingerprint density at radius 1 is 1.14 bits per heavy atom. The van der Waals surface area contributed by atoms with Gasteiger partial charge in [-0.25, -0.2) is 0 Å². The molecule has 2 saturated carbocycles.